The van der Waals surface area contributed by atoms with Crippen LogP contribution in [0.25, 0.3) is 0 Å². The summed E-state index contributed by atoms with van der Waals surface area (Å²) in [4.78, 5) is 30.3. The second kappa shape index (κ2) is 5.69. The van der Waals surface area contributed by atoms with Gasteiger partial charge in [0.1, 0.15) is 11.0 Å². The van der Waals surface area contributed by atoms with Gasteiger partial charge in [0.2, 0.25) is 11.8 Å². The van der Waals surface area contributed by atoms with Gasteiger partial charge in [0.15, 0.2) is 0 Å². The summed E-state index contributed by atoms with van der Waals surface area (Å²) in [5, 5.41) is 5.68. The fraction of sp³-hybridized carbons (Fsp3) is 0.615. The Labute approximate surface area is 117 Å². The molecule has 2 amide bonds. The average Bonchev–Trinajstić information content (AvgIpc) is 2.73. The smallest absolute Gasteiger partial charge is 0.245 e. The zero-order valence-electron chi connectivity index (χ0n) is 11.5. The van der Waals surface area contributed by atoms with E-state index in [1.807, 2.05) is 26.2 Å². The Morgan fingerprint density at radius 1 is 1.53 bits per heavy atom. The van der Waals surface area contributed by atoms with Gasteiger partial charge >= 0.3 is 0 Å². The molecule has 0 spiro atoms. The predicted octanol–water partition coefficient (Wildman–Crippen LogP) is 1.47. The summed E-state index contributed by atoms with van der Waals surface area (Å²) < 4.78 is 0. The van der Waals surface area contributed by atoms with Gasteiger partial charge in [-0.25, -0.2) is 4.98 Å². The van der Waals surface area contributed by atoms with E-state index in [1.54, 1.807) is 16.2 Å². The van der Waals surface area contributed by atoms with E-state index in [0.29, 0.717) is 19.4 Å². The summed E-state index contributed by atoms with van der Waals surface area (Å²) in [6.07, 6.45) is 0.970. The highest BCUT2D eigenvalue weighted by Crippen LogP contribution is 2.18. The zero-order chi connectivity index (χ0) is 14.0. The summed E-state index contributed by atoms with van der Waals surface area (Å²) in [6.45, 7) is 6.25. The van der Waals surface area contributed by atoms with Crippen molar-refractivity contribution in [2.24, 2.45) is 0 Å². The lowest BCUT2D eigenvalue weighted by Gasteiger charge is -2.27. The molecule has 1 aliphatic rings. The number of aromatic nitrogens is 1. The highest BCUT2D eigenvalue weighted by Gasteiger charge is 2.33. The standard InChI is InChI=1S/C13H19N3O2S/c1-4-10-13(18)16(9(3)5-11(17)15-10)6-12-14-8(2)7-19-12/h7,9-10H,4-6H2,1-3H3,(H,15,17). The van der Waals surface area contributed by atoms with Crippen LogP contribution in [0.1, 0.15) is 37.4 Å². The maximum Gasteiger partial charge on any atom is 0.245 e. The van der Waals surface area contributed by atoms with Gasteiger partial charge in [-0.2, -0.15) is 0 Å². The lowest BCUT2D eigenvalue weighted by atomic mass is 10.2. The van der Waals surface area contributed by atoms with E-state index in [2.05, 4.69) is 10.3 Å². The van der Waals surface area contributed by atoms with Gasteiger partial charge in [-0.1, -0.05) is 6.92 Å². The molecule has 0 aliphatic carbocycles. The van der Waals surface area contributed by atoms with Gasteiger partial charge in [0.05, 0.1) is 6.54 Å². The molecule has 6 heteroatoms. The first kappa shape index (κ1) is 14.0. The summed E-state index contributed by atoms with van der Waals surface area (Å²) in [6, 6.07) is -0.494. The topological polar surface area (TPSA) is 62.3 Å². The zero-order valence-corrected chi connectivity index (χ0v) is 12.3. The molecule has 2 atom stereocenters. The van der Waals surface area contributed by atoms with Crippen LogP contribution in [-0.2, 0) is 16.1 Å². The second-order valence-electron chi connectivity index (χ2n) is 4.93. The quantitative estimate of drug-likeness (QED) is 0.912. The lowest BCUT2D eigenvalue weighted by molar-refractivity contribution is -0.135. The Morgan fingerprint density at radius 3 is 2.84 bits per heavy atom. The molecule has 1 aromatic rings. The predicted molar refractivity (Wildman–Crippen MR) is 73.7 cm³/mol. The van der Waals surface area contributed by atoms with Gasteiger partial charge in [0, 0.05) is 23.5 Å². The van der Waals surface area contributed by atoms with Crippen LogP contribution in [0.15, 0.2) is 5.38 Å². The van der Waals surface area contributed by atoms with Crippen LogP contribution in [0, 0.1) is 6.92 Å². The number of hydrogen-bond acceptors (Lipinski definition) is 4. The highest BCUT2D eigenvalue weighted by molar-refractivity contribution is 7.09. The normalized spacial score (nSPS) is 24.3. The Hall–Kier alpha value is -1.43. The first-order valence-electron chi connectivity index (χ1n) is 6.52. The molecular weight excluding hydrogens is 262 g/mol. The van der Waals surface area contributed by atoms with E-state index in [4.69, 9.17) is 0 Å². The van der Waals surface area contributed by atoms with Crippen LogP contribution in [0.5, 0.6) is 0 Å². The molecule has 1 aliphatic heterocycles. The maximum absolute atomic E-state index is 12.4. The summed E-state index contributed by atoms with van der Waals surface area (Å²) in [5.74, 6) is -0.0563. The fourth-order valence-corrected chi connectivity index (χ4v) is 3.01. The highest BCUT2D eigenvalue weighted by atomic mass is 32.1. The average molecular weight is 281 g/mol. The number of amides is 2. The molecule has 104 valence electrons. The molecule has 0 saturated carbocycles. The van der Waals surface area contributed by atoms with Crippen molar-refractivity contribution in [3.8, 4) is 0 Å². The largest absolute Gasteiger partial charge is 0.344 e. The van der Waals surface area contributed by atoms with Crippen molar-refractivity contribution < 1.29 is 9.59 Å². The van der Waals surface area contributed by atoms with E-state index in [9.17, 15) is 9.59 Å². The molecule has 1 fully saturated rings. The van der Waals surface area contributed by atoms with E-state index < -0.39 is 6.04 Å². The van der Waals surface area contributed by atoms with E-state index >= 15 is 0 Å². The van der Waals surface area contributed by atoms with Crippen LogP contribution in [0.3, 0.4) is 0 Å². The third-order valence-corrected chi connectivity index (χ3v) is 4.26. The van der Waals surface area contributed by atoms with Crippen molar-refractivity contribution in [1.29, 1.82) is 0 Å². The van der Waals surface area contributed by atoms with E-state index in [0.717, 1.165) is 10.7 Å². The van der Waals surface area contributed by atoms with Crippen molar-refractivity contribution in [3.63, 3.8) is 0 Å². The molecule has 2 heterocycles. The Balaban J connectivity index is 2.19. The van der Waals surface area contributed by atoms with Gasteiger partial charge in [-0.3, -0.25) is 9.59 Å². The number of nitrogens with one attached hydrogen (secondary N) is 1. The number of nitrogens with zero attached hydrogens (tertiary/aromatic N) is 2. The van der Waals surface area contributed by atoms with Crippen LogP contribution in [0.4, 0.5) is 0 Å². The Bertz CT molecular complexity index is 486. The minimum absolute atomic E-state index is 0.00583. The first-order chi connectivity index (χ1) is 9.01. The van der Waals surface area contributed by atoms with Crippen molar-refractivity contribution in [2.45, 2.75) is 52.2 Å². The second-order valence-corrected chi connectivity index (χ2v) is 5.87. The minimum Gasteiger partial charge on any atom is -0.344 e. The number of carbonyl (C=O) groups excluding carboxylic acids is 2. The van der Waals surface area contributed by atoms with Crippen LogP contribution in [-0.4, -0.2) is 33.8 Å². The van der Waals surface area contributed by atoms with Gasteiger partial charge < -0.3 is 10.2 Å². The Kier molecular flexibility index (Phi) is 4.19. The lowest BCUT2D eigenvalue weighted by Crippen LogP contribution is -2.45. The molecule has 1 N–H and O–H groups in total. The Morgan fingerprint density at radius 2 is 2.26 bits per heavy atom. The summed E-state index contributed by atoms with van der Waals surface area (Å²) >= 11 is 1.55. The molecule has 1 saturated heterocycles. The van der Waals surface area contributed by atoms with Crippen LogP contribution >= 0.6 is 11.3 Å². The monoisotopic (exact) mass is 281 g/mol. The van der Waals surface area contributed by atoms with Gasteiger partial charge in [0.25, 0.3) is 0 Å². The van der Waals surface area contributed by atoms with Crippen molar-refractivity contribution in [2.75, 3.05) is 0 Å². The van der Waals surface area contributed by atoms with Crippen LogP contribution in [0.2, 0.25) is 0 Å². The minimum atomic E-state index is -0.404. The number of carbonyl (C=O) groups is 2. The maximum atomic E-state index is 12.4. The SMILES string of the molecule is CCC1NC(=O)CC(C)N(Cc2nc(C)cs2)C1=O. The van der Waals surface area contributed by atoms with Gasteiger partial charge in [-0.15, -0.1) is 11.3 Å². The third kappa shape index (κ3) is 3.12. The number of rotatable bonds is 3. The molecular formula is C13H19N3O2S. The van der Waals surface area contributed by atoms with E-state index in [-0.39, 0.29) is 17.9 Å². The number of aryl methyl sites for hydroxylation is 1. The molecule has 0 bridgehead atoms. The van der Waals surface area contributed by atoms with Crippen molar-refractivity contribution in [3.05, 3.63) is 16.1 Å². The molecule has 5 nitrogen and oxygen atoms in total. The van der Waals surface area contributed by atoms with Crippen LogP contribution < -0.4 is 5.32 Å². The van der Waals surface area contributed by atoms with Gasteiger partial charge in [-0.05, 0) is 20.3 Å². The summed E-state index contributed by atoms with van der Waals surface area (Å²) in [5.41, 5.74) is 0.969. The van der Waals surface area contributed by atoms with E-state index in [1.165, 1.54) is 0 Å². The van der Waals surface area contributed by atoms with Crippen molar-refractivity contribution >= 4 is 23.2 Å². The molecule has 1 aromatic heterocycles. The molecule has 19 heavy (non-hydrogen) atoms. The summed E-state index contributed by atoms with van der Waals surface area (Å²) in [7, 11) is 0. The third-order valence-electron chi connectivity index (χ3n) is 3.31. The molecule has 2 unspecified atom stereocenters. The number of hydrogen-bond donors (Lipinski definition) is 1. The van der Waals surface area contributed by atoms with Crippen molar-refractivity contribution in [1.82, 2.24) is 15.2 Å². The molecule has 0 aromatic carbocycles. The first-order valence-corrected chi connectivity index (χ1v) is 7.40. The number of thiazole rings is 1. The fourth-order valence-electron chi connectivity index (χ4n) is 2.24. The molecule has 0 radical (unpaired) electrons. The molecule has 2 rings (SSSR count).